The third-order valence-corrected chi connectivity index (χ3v) is 3.07. The molecule has 1 amide bonds. The zero-order valence-corrected chi connectivity index (χ0v) is 11.9. The molecule has 0 aromatic heterocycles. The smallest absolute Gasteiger partial charge is 0.256 e. The topological polar surface area (TPSA) is 20.3 Å². The highest BCUT2D eigenvalue weighted by atomic mass is 35.5. The number of benzene rings is 1. The molecule has 5 heteroatoms. The Balaban J connectivity index is 2.98. The summed E-state index contributed by atoms with van der Waals surface area (Å²) in [5.74, 6) is -1.62. The Morgan fingerprint density at radius 3 is 2.53 bits per heavy atom. The summed E-state index contributed by atoms with van der Waals surface area (Å²) in [4.78, 5) is 13.7. The molecule has 1 rings (SSSR count). The minimum Gasteiger partial charge on any atom is -0.337 e. The van der Waals surface area contributed by atoms with Crippen LogP contribution in [0.25, 0.3) is 0 Å². The summed E-state index contributed by atoms with van der Waals surface area (Å²) in [6.07, 6.45) is 1.75. The molecule has 2 nitrogen and oxygen atoms in total. The molecule has 0 N–H and O–H groups in total. The van der Waals surface area contributed by atoms with Gasteiger partial charge in [-0.2, -0.15) is 0 Å². The number of hydrogen-bond acceptors (Lipinski definition) is 1. The van der Waals surface area contributed by atoms with Crippen molar-refractivity contribution in [1.29, 1.82) is 0 Å². The number of carbonyl (C=O) groups is 1. The highest BCUT2D eigenvalue weighted by Gasteiger charge is 2.20. The van der Waals surface area contributed by atoms with Gasteiger partial charge in [0.2, 0.25) is 0 Å². The third kappa shape index (κ3) is 4.16. The minimum atomic E-state index is -0.829. The van der Waals surface area contributed by atoms with Crippen molar-refractivity contribution in [1.82, 2.24) is 4.90 Å². The second kappa shape index (κ2) is 7.43. The van der Waals surface area contributed by atoms with E-state index in [1.807, 2.05) is 6.92 Å². The summed E-state index contributed by atoms with van der Waals surface area (Å²) < 4.78 is 26.9. The van der Waals surface area contributed by atoms with Gasteiger partial charge in [0.05, 0.1) is 5.56 Å². The lowest BCUT2D eigenvalue weighted by Gasteiger charge is -2.22. The highest BCUT2D eigenvalue weighted by molar-refractivity contribution is 6.18. The van der Waals surface area contributed by atoms with Gasteiger partial charge in [-0.3, -0.25) is 4.79 Å². The van der Waals surface area contributed by atoms with Gasteiger partial charge < -0.3 is 4.90 Å². The summed E-state index contributed by atoms with van der Waals surface area (Å²) in [5, 5.41) is 0. The molecule has 0 aliphatic heterocycles. The van der Waals surface area contributed by atoms with E-state index in [0.29, 0.717) is 13.1 Å². The maximum Gasteiger partial charge on any atom is 0.256 e. The van der Waals surface area contributed by atoms with Crippen LogP contribution in [0.4, 0.5) is 8.78 Å². The van der Waals surface area contributed by atoms with Crippen LogP contribution in [0, 0.1) is 18.6 Å². The monoisotopic (exact) mass is 289 g/mol. The van der Waals surface area contributed by atoms with Crippen molar-refractivity contribution in [3.05, 3.63) is 34.9 Å². The predicted molar refractivity (Wildman–Crippen MR) is 72.6 cm³/mol. The Bertz CT molecular complexity index is 451. The van der Waals surface area contributed by atoms with E-state index in [9.17, 15) is 13.6 Å². The number of carbonyl (C=O) groups excluding carboxylic acids is 1. The average Bonchev–Trinajstić information content (AvgIpc) is 2.38. The molecule has 0 atom stereocenters. The van der Waals surface area contributed by atoms with E-state index < -0.39 is 17.5 Å². The van der Waals surface area contributed by atoms with Gasteiger partial charge in [0.25, 0.3) is 5.91 Å². The molecule has 106 valence electrons. The third-order valence-electron chi connectivity index (χ3n) is 2.90. The van der Waals surface area contributed by atoms with E-state index in [0.717, 1.165) is 18.9 Å². The molecule has 0 saturated carbocycles. The molecular formula is C14H18ClF2NO. The Morgan fingerprint density at radius 2 is 1.95 bits per heavy atom. The fourth-order valence-electron chi connectivity index (χ4n) is 1.76. The summed E-state index contributed by atoms with van der Waals surface area (Å²) in [6, 6.07) is 2.00. The maximum absolute atomic E-state index is 13.7. The lowest BCUT2D eigenvalue weighted by atomic mass is 10.1. The van der Waals surface area contributed by atoms with E-state index in [1.165, 1.54) is 17.9 Å². The van der Waals surface area contributed by atoms with Crippen molar-refractivity contribution < 1.29 is 13.6 Å². The van der Waals surface area contributed by atoms with Crippen LogP contribution < -0.4 is 0 Å². The van der Waals surface area contributed by atoms with Gasteiger partial charge in [0, 0.05) is 25.0 Å². The maximum atomic E-state index is 13.7. The van der Waals surface area contributed by atoms with Crippen LogP contribution in [0.3, 0.4) is 0 Å². The molecule has 0 aliphatic carbocycles. The molecule has 0 bridgehead atoms. The van der Waals surface area contributed by atoms with Crippen molar-refractivity contribution in [2.75, 3.05) is 19.0 Å². The van der Waals surface area contributed by atoms with Gasteiger partial charge in [-0.05, 0) is 25.0 Å². The van der Waals surface area contributed by atoms with E-state index in [1.54, 1.807) is 0 Å². The molecule has 19 heavy (non-hydrogen) atoms. The second-order valence-electron chi connectivity index (χ2n) is 4.42. The van der Waals surface area contributed by atoms with Crippen LogP contribution in [-0.4, -0.2) is 29.8 Å². The van der Waals surface area contributed by atoms with E-state index >= 15 is 0 Å². The summed E-state index contributed by atoms with van der Waals surface area (Å²) >= 11 is 5.66. The molecule has 1 aromatic rings. The van der Waals surface area contributed by atoms with Crippen LogP contribution in [0.2, 0.25) is 0 Å². The number of nitrogens with zero attached hydrogens (tertiary/aromatic N) is 1. The van der Waals surface area contributed by atoms with Crippen LogP contribution in [0.15, 0.2) is 12.1 Å². The molecule has 0 fully saturated rings. The normalized spacial score (nSPS) is 10.6. The Morgan fingerprint density at radius 1 is 1.26 bits per heavy atom. The quantitative estimate of drug-likeness (QED) is 0.730. The minimum absolute atomic E-state index is 0.0971. The van der Waals surface area contributed by atoms with Crippen LogP contribution in [-0.2, 0) is 0 Å². The van der Waals surface area contributed by atoms with Gasteiger partial charge in [0.15, 0.2) is 0 Å². The number of alkyl halides is 1. The van der Waals surface area contributed by atoms with Gasteiger partial charge in [0.1, 0.15) is 11.6 Å². The van der Waals surface area contributed by atoms with Crippen LogP contribution in [0.5, 0.6) is 0 Å². The fraction of sp³-hybridized carbons (Fsp3) is 0.500. The summed E-state index contributed by atoms with van der Waals surface area (Å²) in [5.41, 5.74) is 0.159. The average molecular weight is 290 g/mol. The SMILES string of the molecule is CCCCN(CCCl)C(=O)c1cc(C)c(F)cc1F. The first-order chi connectivity index (χ1) is 9.01. The standard InChI is InChI=1S/C14H18ClF2NO/c1-3-4-6-18(7-5-15)14(19)11-8-10(2)12(16)9-13(11)17/h8-9H,3-7H2,1-2H3. The van der Waals surface area contributed by atoms with E-state index in [-0.39, 0.29) is 17.0 Å². The Labute approximate surface area is 117 Å². The van der Waals surface area contributed by atoms with Crippen molar-refractivity contribution in [3.8, 4) is 0 Å². The lowest BCUT2D eigenvalue weighted by Crippen LogP contribution is -2.34. The first kappa shape index (κ1) is 15.9. The lowest BCUT2D eigenvalue weighted by molar-refractivity contribution is 0.0758. The van der Waals surface area contributed by atoms with Gasteiger partial charge in [-0.1, -0.05) is 13.3 Å². The van der Waals surface area contributed by atoms with Crippen molar-refractivity contribution in [2.45, 2.75) is 26.7 Å². The Hall–Kier alpha value is -1.16. The molecule has 0 spiro atoms. The van der Waals surface area contributed by atoms with Gasteiger partial charge in [-0.15, -0.1) is 11.6 Å². The van der Waals surface area contributed by atoms with Crippen LogP contribution >= 0.6 is 11.6 Å². The molecule has 0 saturated heterocycles. The fourth-order valence-corrected chi connectivity index (χ4v) is 1.96. The highest BCUT2D eigenvalue weighted by Crippen LogP contribution is 2.16. The van der Waals surface area contributed by atoms with Crippen molar-refractivity contribution in [2.24, 2.45) is 0 Å². The first-order valence-electron chi connectivity index (χ1n) is 6.32. The molecule has 1 aromatic carbocycles. The Kier molecular flexibility index (Phi) is 6.22. The van der Waals surface area contributed by atoms with Gasteiger partial charge in [-0.25, -0.2) is 8.78 Å². The number of unbranched alkanes of at least 4 members (excludes halogenated alkanes) is 1. The van der Waals surface area contributed by atoms with Gasteiger partial charge >= 0.3 is 0 Å². The summed E-state index contributed by atoms with van der Waals surface area (Å²) in [7, 11) is 0. The molecule has 0 heterocycles. The summed E-state index contributed by atoms with van der Waals surface area (Å²) in [6.45, 7) is 4.39. The second-order valence-corrected chi connectivity index (χ2v) is 4.79. The van der Waals surface area contributed by atoms with E-state index in [4.69, 9.17) is 11.6 Å². The number of rotatable bonds is 6. The van der Waals surface area contributed by atoms with E-state index in [2.05, 4.69) is 0 Å². The number of aryl methyl sites for hydroxylation is 1. The molecule has 0 aliphatic rings. The first-order valence-corrected chi connectivity index (χ1v) is 6.85. The van der Waals surface area contributed by atoms with Crippen molar-refractivity contribution >= 4 is 17.5 Å². The number of amides is 1. The zero-order chi connectivity index (χ0) is 14.4. The largest absolute Gasteiger partial charge is 0.337 e. The molecule has 0 radical (unpaired) electrons. The predicted octanol–water partition coefficient (Wildman–Crippen LogP) is 3.75. The van der Waals surface area contributed by atoms with Crippen LogP contribution in [0.1, 0.15) is 35.7 Å². The molecular weight excluding hydrogens is 272 g/mol. The van der Waals surface area contributed by atoms with Crippen molar-refractivity contribution in [3.63, 3.8) is 0 Å². The molecule has 0 unspecified atom stereocenters. The zero-order valence-electron chi connectivity index (χ0n) is 11.2. The number of hydrogen-bond donors (Lipinski definition) is 0. The number of halogens is 3.